The monoisotopic (exact) mass is 378 g/mol. The van der Waals surface area contributed by atoms with E-state index in [0.717, 1.165) is 65.4 Å². The molecule has 0 aromatic heterocycles. The predicted octanol–water partition coefficient (Wildman–Crippen LogP) is 1.44. The van der Waals surface area contributed by atoms with Crippen molar-refractivity contribution in [3.05, 3.63) is 0 Å². The van der Waals surface area contributed by atoms with Crippen LogP contribution in [0.3, 0.4) is 0 Å². The van der Waals surface area contributed by atoms with E-state index in [1.165, 1.54) is 19.3 Å². The number of fused-ring (bicyclic) bond motifs is 3. The van der Waals surface area contributed by atoms with E-state index in [1.54, 1.807) is 0 Å². The fourth-order valence-electron chi connectivity index (χ4n) is 6.51. The van der Waals surface area contributed by atoms with Crippen LogP contribution in [0.2, 0.25) is 0 Å². The lowest BCUT2D eigenvalue weighted by Gasteiger charge is -2.51. The minimum atomic E-state index is 0.0157. The van der Waals surface area contributed by atoms with Crippen LogP contribution in [0, 0.1) is 23.2 Å². The lowest BCUT2D eigenvalue weighted by atomic mass is 9.53. The van der Waals surface area contributed by atoms with E-state index in [4.69, 9.17) is 14.2 Å². The molecule has 0 radical (unpaired) electrons. The first-order chi connectivity index (χ1) is 13.1. The fraction of sp³-hybridized carbons (Fsp3) is 0.952. The molecule has 5 rings (SSSR count). The smallest absolute Gasteiger partial charge is 0.310 e. The van der Waals surface area contributed by atoms with Crippen molar-refractivity contribution in [1.29, 1.82) is 0 Å². The van der Waals surface area contributed by atoms with E-state index in [9.17, 15) is 4.79 Å². The number of carbonyl (C=O) groups excluding carboxylic acids is 1. The molecule has 0 bridgehead atoms. The zero-order valence-corrected chi connectivity index (χ0v) is 16.6. The molecule has 1 spiro atoms. The highest BCUT2D eigenvalue weighted by molar-refractivity contribution is 5.75. The third-order valence-electron chi connectivity index (χ3n) is 8.15. The number of rotatable bonds is 5. The lowest BCUT2D eigenvalue weighted by Crippen LogP contribution is -2.51. The van der Waals surface area contributed by atoms with Crippen molar-refractivity contribution in [2.24, 2.45) is 23.2 Å². The Bertz CT molecular complexity index is 575. The number of nitrogens with one attached hydrogen (secondary N) is 1. The van der Waals surface area contributed by atoms with Crippen molar-refractivity contribution in [2.75, 3.05) is 52.5 Å². The molecule has 6 unspecified atom stereocenters. The normalized spacial score (nSPS) is 46.8. The van der Waals surface area contributed by atoms with Gasteiger partial charge in [0.15, 0.2) is 0 Å². The highest BCUT2D eigenvalue weighted by Gasteiger charge is 2.64. The molecule has 2 saturated carbocycles. The van der Waals surface area contributed by atoms with Crippen LogP contribution in [0.1, 0.15) is 39.0 Å². The van der Waals surface area contributed by atoms with Crippen LogP contribution in [0.4, 0.5) is 0 Å². The summed E-state index contributed by atoms with van der Waals surface area (Å²) in [7, 11) is 0. The first kappa shape index (κ1) is 18.3. The average molecular weight is 379 g/mol. The molecule has 3 saturated heterocycles. The quantitative estimate of drug-likeness (QED) is 0.444. The van der Waals surface area contributed by atoms with Crippen LogP contribution in [-0.2, 0) is 19.0 Å². The molecule has 152 valence electrons. The van der Waals surface area contributed by atoms with Gasteiger partial charge in [0.2, 0.25) is 0 Å². The molecule has 3 heterocycles. The van der Waals surface area contributed by atoms with E-state index >= 15 is 0 Å². The molecule has 6 heteroatoms. The molecule has 1 N–H and O–H groups in total. The van der Waals surface area contributed by atoms with Gasteiger partial charge < -0.3 is 19.5 Å². The van der Waals surface area contributed by atoms with Gasteiger partial charge in [0, 0.05) is 38.6 Å². The van der Waals surface area contributed by atoms with Gasteiger partial charge >= 0.3 is 5.97 Å². The standard InChI is InChI=1S/C21H34N2O4/c1-20-3-2-4-21(14-26-21)18(20)11-15-16(19(24)27-17(15)12-20)13-22-5-6-23-7-9-25-10-8-23/h15-18,22H,2-14H2,1H3. The number of hydrogen-bond acceptors (Lipinski definition) is 6. The number of nitrogens with zero attached hydrogens (tertiary/aromatic N) is 1. The number of carbonyl (C=O) groups is 1. The third-order valence-corrected chi connectivity index (χ3v) is 8.15. The highest BCUT2D eigenvalue weighted by Crippen LogP contribution is 2.62. The van der Waals surface area contributed by atoms with Gasteiger partial charge in [-0.1, -0.05) is 6.92 Å². The number of morpholine rings is 1. The van der Waals surface area contributed by atoms with Gasteiger partial charge in [-0.3, -0.25) is 9.69 Å². The van der Waals surface area contributed by atoms with E-state index in [0.29, 0.717) is 11.8 Å². The molecule has 27 heavy (non-hydrogen) atoms. The molecule has 0 aromatic carbocycles. The van der Waals surface area contributed by atoms with Crippen LogP contribution in [0.25, 0.3) is 0 Å². The van der Waals surface area contributed by atoms with Crippen LogP contribution < -0.4 is 5.32 Å². The predicted molar refractivity (Wildman–Crippen MR) is 100 cm³/mol. The number of ether oxygens (including phenoxy) is 3. The summed E-state index contributed by atoms with van der Waals surface area (Å²) in [5.74, 6) is 1.01. The second-order valence-electron chi connectivity index (χ2n) is 9.76. The average Bonchev–Trinajstić information content (AvgIpc) is 3.36. The Labute approximate surface area is 162 Å². The van der Waals surface area contributed by atoms with Crippen molar-refractivity contribution in [3.63, 3.8) is 0 Å². The zero-order valence-electron chi connectivity index (χ0n) is 16.6. The first-order valence-corrected chi connectivity index (χ1v) is 10.9. The molecular formula is C21H34N2O4. The molecular weight excluding hydrogens is 344 g/mol. The Morgan fingerprint density at radius 1 is 1.26 bits per heavy atom. The van der Waals surface area contributed by atoms with E-state index in [2.05, 4.69) is 17.1 Å². The van der Waals surface area contributed by atoms with Crippen molar-refractivity contribution in [1.82, 2.24) is 10.2 Å². The largest absolute Gasteiger partial charge is 0.462 e. The van der Waals surface area contributed by atoms with Crippen molar-refractivity contribution < 1.29 is 19.0 Å². The third kappa shape index (κ3) is 3.33. The Morgan fingerprint density at radius 3 is 2.85 bits per heavy atom. The minimum Gasteiger partial charge on any atom is -0.462 e. The van der Waals surface area contributed by atoms with Gasteiger partial charge in [0.25, 0.3) is 0 Å². The van der Waals surface area contributed by atoms with E-state index < -0.39 is 0 Å². The first-order valence-electron chi connectivity index (χ1n) is 10.9. The van der Waals surface area contributed by atoms with Gasteiger partial charge in [0.05, 0.1) is 31.3 Å². The summed E-state index contributed by atoms with van der Waals surface area (Å²) in [6.07, 6.45) is 5.98. The van der Waals surface area contributed by atoms with Crippen LogP contribution in [0.15, 0.2) is 0 Å². The van der Waals surface area contributed by atoms with Crippen molar-refractivity contribution in [3.8, 4) is 0 Å². The Morgan fingerprint density at radius 2 is 2.07 bits per heavy atom. The van der Waals surface area contributed by atoms with Crippen LogP contribution in [0.5, 0.6) is 0 Å². The van der Waals surface area contributed by atoms with Gasteiger partial charge in [-0.05, 0) is 43.4 Å². The Hall–Kier alpha value is -0.690. The maximum absolute atomic E-state index is 12.6. The molecule has 6 nitrogen and oxygen atoms in total. The molecule has 5 aliphatic rings. The van der Waals surface area contributed by atoms with Crippen molar-refractivity contribution >= 4 is 5.97 Å². The van der Waals surface area contributed by atoms with Crippen LogP contribution >= 0.6 is 0 Å². The van der Waals surface area contributed by atoms with E-state index in [-0.39, 0.29) is 29.0 Å². The number of hydrogen-bond donors (Lipinski definition) is 1. The van der Waals surface area contributed by atoms with Crippen molar-refractivity contribution in [2.45, 2.75) is 50.7 Å². The molecule has 2 aliphatic carbocycles. The number of esters is 1. The van der Waals surface area contributed by atoms with Crippen LogP contribution in [-0.4, -0.2) is 75.1 Å². The fourth-order valence-corrected chi connectivity index (χ4v) is 6.51. The molecule has 6 atom stereocenters. The second-order valence-corrected chi connectivity index (χ2v) is 9.76. The molecule has 5 fully saturated rings. The second kappa shape index (κ2) is 6.97. The molecule has 3 aliphatic heterocycles. The highest BCUT2D eigenvalue weighted by atomic mass is 16.6. The summed E-state index contributed by atoms with van der Waals surface area (Å²) in [6, 6.07) is 0. The van der Waals surface area contributed by atoms with Gasteiger partial charge in [0.1, 0.15) is 6.10 Å². The van der Waals surface area contributed by atoms with Gasteiger partial charge in [-0.2, -0.15) is 0 Å². The maximum Gasteiger partial charge on any atom is 0.310 e. The van der Waals surface area contributed by atoms with E-state index in [1.807, 2.05) is 0 Å². The summed E-state index contributed by atoms with van der Waals surface area (Å²) in [6.45, 7) is 9.75. The van der Waals surface area contributed by atoms with Gasteiger partial charge in [-0.15, -0.1) is 0 Å². The van der Waals surface area contributed by atoms with Gasteiger partial charge in [-0.25, -0.2) is 0 Å². The number of epoxide rings is 1. The summed E-state index contributed by atoms with van der Waals surface area (Å²) in [4.78, 5) is 15.0. The lowest BCUT2D eigenvalue weighted by molar-refractivity contribution is -0.147. The Kier molecular flexibility index (Phi) is 4.74. The topological polar surface area (TPSA) is 63.3 Å². The zero-order chi connectivity index (χ0) is 18.5. The summed E-state index contributed by atoms with van der Waals surface area (Å²) < 4.78 is 17.3. The SMILES string of the molecule is CC12CCCC3(CO3)C1CC1C(C2)OC(=O)C1CNCCN1CCOCC1. The molecule has 0 aromatic rings. The summed E-state index contributed by atoms with van der Waals surface area (Å²) in [5.41, 5.74) is 0.423. The summed E-state index contributed by atoms with van der Waals surface area (Å²) >= 11 is 0. The summed E-state index contributed by atoms with van der Waals surface area (Å²) in [5, 5.41) is 3.54. The minimum absolute atomic E-state index is 0.0157. The molecule has 0 amide bonds. The maximum atomic E-state index is 12.6. The Balaban J connectivity index is 1.18.